The summed E-state index contributed by atoms with van der Waals surface area (Å²) in [5, 5.41) is 4.65. The second-order valence-corrected chi connectivity index (χ2v) is 8.61. The molecule has 0 atom stereocenters. The van der Waals surface area contributed by atoms with Gasteiger partial charge in [-0.1, -0.05) is 72.8 Å². The Morgan fingerprint density at radius 2 is 1.46 bits per heavy atom. The summed E-state index contributed by atoms with van der Waals surface area (Å²) in [6, 6.07) is 33.6. The van der Waals surface area contributed by atoms with Crippen molar-refractivity contribution >= 4 is 22.4 Å². The van der Waals surface area contributed by atoms with Crippen molar-refractivity contribution in [2.75, 3.05) is 11.9 Å². The molecule has 3 aromatic carbocycles. The fraction of sp³-hybridized carbons (Fsp3) is 0.100. The van der Waals surface area contributed by atoms with Gasteiger partial charge in [0.25, 0.3) is 0 Å². The Kier molecular flexibility index (Phi) is 5.65. The average molecular weight is 456 g/mol. The molecule has 6 aromatic rings. The predicted octanol–water partition coefficient (Wildman–Crippen LogP) is 6.58. The fourth-order valence-electron chi connectivity index (χ4n) is 4.62. The molecule has 170 valence electrons. The Balaban J connectivity index is 1.31. The fourth-order valence-corrected chi connectivity index (χ4v) is 4.62. The number of rotatable bonds is 7. The minimum atomic E-state index is 0.307. The summed E-state index contributed by atoms with van der Waals surface area (Å²) >= 11 is 0. The molecule has 0 saturated heterocycles. The number of hydrogen-bond donors (Lipinski definition) is 1. The van der Waals surface area contributed by atoms with Crippen molar-refractivity contribution in [1.29, 1.82) is 0 Å². The van der Waals surface area contributed by atoms with Gasteiger partial charge in [-0.05, 0) is 41.8 Å². The molecule has 0 fully saturated rings. The summed E-state index contributed by atoms with van der Waals surface area (Å²) in [6.45, 7) is 0.787. The van der Waals surface area contributed by atoms with Crippen LogP contribution in [0.15, 0.2) is 116 Å². The molecule has 0 bridgehead atoms. The van der Waals surface area contributed by atoms with Crippen molar-refractivity contribution in [1.82, 2.24) is 19.4 Å². The van der Waals surface area contributed by atoms with E-state index in [-0.39, 0.29) is 0 Å². The zero-order chi connectivity index (χ0) is 23.5. The van der Waals surface area contributed by atoms with Gasteiger partial charge in [0.1, 0.15) is 11.5 Å². The summed E-state index contributed by atoms with van der Waals surface area (Å²) in [4.78, 5) is 14.1. The van der Waals surface area contributed by atoms with Gasteiger partial charge in [-0.25, -0.2) is 15.0 Å². The van der Waals surface area contributed by atoms with E-state index < -0.39 is 0 Å². The highest BCUT2D eigenvalue weighted by atomic mass is 15.0. The highest BCUT2D eigenvalue weighted by Gasteiger charge is 2.15. The van der Waals surface area contributed by atoms with Gasteiger partial charge in [-0.3, -0.25) is 0 Å². The van der Waals surface area contributed by atoms with E-state index >= 15 is 0 Å². The third-order valence-electron chi connectivity index (χ3n) is 6.38. The van der Waals surface area contributed by atoms with Crippen molar-refractivity contribution in [2.45, 2.75) is 12.3 Å². The third kappa shape index (κ3) is 4.36. The lowest BCUT2D eigenvalue weighted by Crippen LogP contribution is -2.11. The number of fused-ring (bicyclic) bond motifs is 2. The maximum atomic E-state index is 4.95. The van der Waals surface area contributed by atoms with Crippen LogP contribution in [0.5, 0.6) is 0 Å². The molecule has 0 radical (unpaired) electrons. The topological polar surface area (TPSA) is 55.1 Å². The first kappa shape index (κ1) is 21.1. The molecule has 0 saturated carbocycles. The largest absolute Gasteiger partial charge is 0.369 e. The Hall–Kier alpha value is -4.51. The minimum Gasteiger partial charge on any atom is -0.369 e. The van der Waals surface area contributed by atoms with Gasteiger partial charge in [0.2, 0.25) is 0 Å². The van der Waals surface area contributed by atoms with Crippen LogP contribution in [-0.4, -0.2) is 25.9 Å². The van der Waals surface area contributed by atoms with Gasteiger partial charge >= 0.3 is 0 Å². The molecule has 0 aliphatic carbocycles. The van der Waals surface area contributed by atoms with E-state index in [0.29, 0.717) is 11.7 Å². The van der Waals surface area contributed by atoms with E-state index in [0.717, 1.165) is 40.9 Å². The van der Waals surface area contributed by atoms with Crippen LogP contribution in [0.25, 0.3) is 27.9 Å². The van der Waals surface area contributed by atoms with Crippen molar-refractivity contribution in [3.8, 4) is 11.4 Å². The van der Waals surface area contributed by atoms with E-state index in [9.17, 15) is 0 Å². The molecule has 0 unspecified atom stereocenters. The van der Waals surface area contributed by atoms with Gasteiger partial charge in [0.05, 0.1) is 5.52 Å². The summed E-state index contributed by atoms with van der Waals surface area (Å²) in [7, 11) is 0. The number of hydrogen-bond acceptors (Lipinski definition) is 4. The van der Waals surface area contributed by atoms with Crippen LogP contribution in [0.1, 0.15) is 23.5 Å². The first-order valence-electron chi connectivity index (χ1n) is 11.9. The quantitative estimate of drug-likeness (QED) is 0.295. The van der Waals surface area contributed by atoms with Crippen LogP contribution in [0.3, 0.4) is 0 Å². The Labute approximate surface area is 204 Å². The molecule has 0 aliphatic rings. The maximum Gasteiger partial charge on any atom is 0.163 e. The normalized spacial score (nSPS) is 11.3. The first-order valence-corrected chi connectivity index (χ1v) is 11.9. The van der Waals surface area contributed by atoms with E-state index in [1.807, 2.05) is 47.1 Å². The van der Waals surface area contributed by atoms with E-state index in [1.54, 1.807) is 6.20 Å². The van der Waals surface area contributed by atoms with Crippen LogP contribution in [-0.2, 0) is 0 Å². The number of para-hydroxylation sites is 1. The van der Waals surface area contributed by atoms with Crippen LogP contribution in [0.2, 0.25) is 0 Å². The summed E-state index contributed by atoms with van der Waals surface area (Å²) < 4.78 is 1.99. The van der Waals surface area contributed by atoms with E-state index in [1.165, 1.54) is 11.1 Å². The Bertz CT molecular complexity index is 1540. The monoisotopic (exact) mass is 455 g/mol. The van der Waals surface area contributed by atoms with Gasteiger partial charge in [-0.15, -0.1) is 0 Å². The zero-order valence-electron chi connectivity index (χ0n) is 19.3. The standard InChI is InChI=1S/C30H25N5/c1-3-9-22(10-4-1)25(23-11-5-2-6-12-23)17-18-32-30-26-13-7-8-14-27(26)33-29(34-30)24-15-16-28-31-19-20-35(28)21-24/h1-16,19-21,25H,17-18H2,(H,32,33,34). The van der Waals surface area contributed by atoms with Crippen molar-refractivity contribution in [3.63, 3.8) is 0 Å². The number of benzene rings is 3. The lowest BCUT2D eigenvalue weighted by Gasteiger charge is -2.19. The van der Waals surface area contributed by atoms with Crippen LogP contribution in [0.4, 0.5) is 5.82 Å². The number of anilines is 1. The van der Waals surface area contributed by atoms with Crippen LogP contribution in [0, 0.1) is 0 Å². The number of pyridine rings is 1. The second kappa shape index (κ2) is 9.39. The van der Waals surface area contributed by atoms with Crippen molar-refractivity contribution < 1.29 is 0 Å². The van der Waals surface area contributed by atoms with Gasteiger partial charge in [0.15, 0.2) is 5.82 Å². The predicted molar refractivity (Wildman–Crippen MR) is 142 cm³/mol. The molecule has 6 rings (SSSR count). The second-order valence-electron chi connectivity index (χ2n) is 8.61. The first-order chi connectivity index (χ1) is 17.3. The SMILES string of the molecule is c1ccc(C(CCNc2nc(-c3ccc4nccn4c3)nc3ccccc23)c2ccccc2)cc1. The van der Waals surface area contributed by atoms with Crippen molar-refractivity contribution in [2.24, 2.45) is 0 Å². The number of nitrogens with one attached hydrogen (secondary N) is 1. The van der Waals surface area contributed by atoms with E-state index in [4.69, 9.17) is 9.97 Å². The maximum absolute atomic E-state index is 4.95. The Morgan fingerprint density at radius 3 is 2.23 bits per heavy atom. The average Bonchev–Trinajstić information content (AvgIpc) is 3.40. The van der Waals surface area contributed by atoms with Gasteiger partial charge < -0.3 is 9.72 Å². The molecular weight excluding hydrogens is 430 g/mol. The summed E-state index contributed by atoms with van der Waals surface area (Å²) in [5.41, 5.74) is 5.43. The zero-order valence-corrected chi connectivity index (χ0v) is 19.3. The van der Waals surface area contributed by atoms with Gasteiger partial charge in [-0.2, -0.15) is 0 Å². The number of imidazole rings is 1. The summed E-state index contributed by atoms with van der Waals surface area (Å²) in [5.74, 6) is 1.86. The lowest BCUT2D eigenvalue weighted by molar-refractivity contribution is 0.743. The minimum absolute atomic E-state index is 0.307. The molecular formula is C30H25N5. The van der Waals surface area contributed by atoms with Crippen LogP contribution < -0.4 is 5.32 Å². The molecule has 35 heavy (non-hydrogen) atoms. The molecule has 5 nitrogen and oxygen atoms in total. The molecule has 5 heteroatoms. The highest BCUT2D eigenvalue weighted by Crippen LogP contribution is 2.29. The van der Waals surface area contributed by atoms with Gasteiger partial charge in [0, 0.05) is 42.0 Å². The molecule has 3 heterocycles. The Morgan fingerprint density at radius 1 is 0.743 bits per heavy atom. The third-order valence-corrected chi connectivity index (χ3v) is 6.38. The van der Waals surface area contributed by atoms with Crippen molar-refractivity contribution in [3.05, 3.63) is 127 Å². The molecule has 0 aliphatic heterocycles. The molecule has 0 amide bonds. The van der Waals surface area contributed by atoms with Crippen LogP contribution >= 0.6 is 0 Å². The lowest BCUT2D eigenvalue weighted by atomic mass is 9.88. The smallest absolute Gasteiger partial charge is 0.163 e. The molecule has 0 spiro atoms. The number of nitrogens with zero attached hydrogens (tertiary/aromatic N) is 4. The highest BCUT2D eigenvalue weighted by molar-refractivity contribution is 5.90. The number of aromatic nitrogens is 4. The summed E-state index contributed by atoms with van der Waals surface area (Å²) in [6.07, 6.45) is 6.70. The molecule has 3 aromatic heterocycles. The molecule has 1 N–H and O–H groups in total. The van der Waals surface area contributed by atoms with E-state index in [2.05, 4.69) is 77.0 Å².